The number of hydrogen-bond donors (Lipinski definition) is 1. The van der Waals surface area contributed by atoms with E-state index in [0.717, 1.165) is 30.9 Å². The molecule has 0 fully saturated rings. The Morgan fingerprint density at radius 1 is 1.05 bits per heavy atom. The summed E-state index contributed by atoms with van der Waals surface area (Å²) >= 11 is 1.23. The van der Waals surface area contributed by atoms with Gasteiger partial charge in [-0.1, -0.05) is 24.8 Å². The Bertz CT molecular complexity index is 568. The Kier molecular flexibility index (Phi) is 5.19. The molecule has 112 valence electrons. The number of aromatic nitrogens is 2. The molecule has 0 atom stereocenters. The molecule has 0 amide bonds. The van der Waals surface area contributed by atoms with Crippen molar-refractivity contribution in [3.05, 3.63) is 47.8 Å². The molecule has 0 aromatic carbocycles. The highest BCUT2D eigenvalue weighted by Gasteiger charge is 2.30. The van der Waals surface area contributed by atoms with Gasteiger partial charge in [0.25, 0.3) is 0 Å². The first-order valence-corrected chi connectivity index (χ1v) is 7.17. The normalized spacial score (nSPS) is 11.6. The van der Waals surface area contributed by atoms with E-state index in [1.807, 2.05) is 19.1 Å². The van der Waals surface area contributed by atoms with E-state index in [4.69, 9.17) is 0 Å². The molecular formula is C14H14F3N3S. The Balaban J connectivity index is 2.01. The molecule has 0 unspecified atom stereocenters. The van der Waals surface area contributed by atoms with Crippen molar-refractivity contribution in [2.45, 2.75) is 29.7 Å². The highest BCUT2D eigenvalue weighted by Crippen LogP contribution is 2.30. The highest BCUT2D eigenvalue weighted by atomic mass is 32.2. The molecule has 0 aliphatic carbocycles. The first-order valence-electron chi connectivity index (χ1n) is 6.36. The number of halogens is 3. The zero-order chi connectivity index (χ0) is 15.3. The molecule has 2 heterocycles. The average molecular weight is 313 g/mol. The molecule has 21 heavy (non-hydrogen) atoms. The Morgan fingerprint density at radius 3 is 2.19 bits per heavy atom. The summed E-state index contributed by atoms with van der Waals surface area (Å²) in [4.78, 5) is 8.06. The number of nitrogens with zero attached hydrogens (tertiary/aromatic N) is 2. The standard InChI is InChI=1S/C14H14F3N3S/c1-2-18-7-10-3-5-12(19-8-10)21-13-6-4-11(9-20-13)14(15,16)17/h3-6,8-9,18H,2,7H2,1H3. The maximum absolute atomic E-state index is 12.4. The summed E-state index contributed by atoms with van der Waals surface area (Å²) in [5.41, 5.74) is 0.308. The maximum Gasteiger partial charge on any atom is 0.417 e. The summed E-state index contributed by atoms with van der Waals surface area (Å²) < 4.78 is 37.3. The minimum Gasteiger partial charge on any atom is -0.313 e. The molecular weight excluding hydrogens is 299 g/mol. The van der Waals surface area contributed by atoms with Crippen molar-refractivity contribution >= 4 is 11.8 Å². The van der Waals surface area contributed by atoms with Gasteiger partial charge < -0.3 is 5.32 Å². The molecule has 7 heteroatoms. The van der Waals surface area contributed by atoms with Gasteiger partial charge in [0.1, 0.15) is 10.1 Å². The van der Waals surface area contributed by atoms with Crippen LogP contribution in [0, 0.1) is 0 Å². The zero-order valence-electron chi connectivity index (χ0n) is 11.3. The topological polar surface area (TPSA) is 37.8 Å². The SMILES string of the molecule is CCNCc1ccc(Sc2ccc(C(F)(F)F)cn2)nc1. The van der Waals surface area contributed by atoms with E-state index in [0.29, 0.717) is 10.1 Å². The van der Waals surface area contributed by atoms with Crippen molar-refractivity contribution in [2.24, 2.45) is 0 Å². The Hall–Kier alpha value is -1.60. The van der Waals surface area contributed by atoms with Crippen LogP contribution in [-0.4, -0.2) is 16.5 Å². The van der Waals surface area contributed by atoms with E-state index in [2.05, 4.69) is 15.3 Å². The van der Waals surface area contributed by atoms with Crippen molar-refractivity contribution in [1.82, 2.24) is 15.3 Å². The van der Waals surface area contributed by atoms with Gasteiger partial charge in [-0.15, -0.1) is 0 Å². The second-order valence-electron chi connectivity index (χ2n) is 4.27. The van der Waals surface area contributed by atoms with Gasteiger partial charge in [-0.2, -0.15) is 13.2 Å². The quantitative estimate of drug-likeness (QED) is 0.912. The van der Waals surface area contributed by atoms with Crippen LogP contribution < -0.4 is 5.32 Å². The van der Waals surface area contributed by atoms with Crippen molar-refractivity contribution in [3.63, 3.8) is 0 Å². The van der Waals surface area contributed by atoms with E-state index in [1.165, 1.54) is 17.8 Å². The van der Waals surface area contributed by atoms with E-state index in [-0.39, 0.29) is 0 Å². The fraction of sp³-hybridized carbons (Fsp3) is 0.286. The first kappa shape index (κ1) is 15.8. The van der Waals surface area contributed by atoms with Gasteiger partial charge in [0.05, 0.1) is 5.56 Å². The van der Waals surface area contributed by atoms with Crippen molar-refractivity contribution in [2.75, 3.05) is 6.54 Å². The fourth-order valence-electron chi connectivity index (χ4n) is 1.56. The summed E-state index contributed by atoms with van der Waals surface area (Å²) in [5, 5.41) is 4.37. The van der Waals surface area contributed by atoms with Gasteiger partial charge in [0, 0.05) is 18.9 Å². The van der Waals surface area contributed by atoms with Crippen molar-refractivity contribution < 1.29 is 13.2 Å². The summed E-state index contributed by atoms with van der Waals surface area (Å²) in [7, 11) is 0. The van der Waals surface area contributed by atoms with Crippen LogP contribution in [0.4, 0.5) is 13.2 Å². The molecule has 1 N–H and O–H groups in total. The smallest absolute Gasteiger partial charge is 0.313 e. The van der Waals surface area contributed by atoms with E-state index in [9.17, 15) is 13.2 Å². The van der Waals surface area contributed by atoms with Gasteiger partial charge >= 0.3 is 6.18 Å². The third-order valence-corrected chi connectivity index (χ3v) is 3.55. The van der Waals surface area contributed by atoms with Crippen LogP contribution in [-0.2, 0) is 12.7 Å². The molecule has 3 nitrogen and oxygen atoms in total. The largest absolute Gasteiger partial charge is 0.417 e. The van der Waals surface area contributed by atoms with Crippen molar-refractivity contribution in [1.29, 1.82) is 0 Å². The predicted octanol–water partition coefficient (Wildman–Crippen LogP) is 3.76. The van der Waals surface area contributed by atoms with Crippen LogP contribution in [0.25, 0.3) is 0 Å². The number of hydrogen-bond acceptors (Lipinski definition) is 4. The minimum atomic E-state index is -4.36. The fourth-order valence-corrected chi connectivity index (χ4v) is 2.26. The lowest BCUT2D eigenvalue weighted by Gasteiger charge is -2.07. The van der Waals surface area contributed by atoms with Gasteiger partial charge in [-0.05, 0) is 30.3 Å². The van der Waals surface area contributed by atoms with Crippen LogP contribution in [0.1, 0.15) is 18.1 Å². The summed E-state index contributed by atoms with van der Waals surface area (Å²) in [6.07, 6.45) is -1.78. The molecule has 0 aliphatic heterocycles. The zero-order valence-corrected chi connectivity index (χ0v) is 12.1. The van der Waals surface area contributed by atoms with Crippen molar-refractivity contribution in [3.8, 4) is 0 Å². The molecule has 2 rings (SSSR count). The summed E-state index contributed by atoms with van der Waals surface area (Å²) in [6.45, 7) is 3.65. The second-order valence-corrected chi connectivity index (χ2v) is 5.31. The number of nitrogens with one attached hydrogen (secondary N) is 1. The van der Waals surface area contributed by atoms with Gasteiger partial charge in [-0.3, -0.25) is 0 Å². The molecule has 0 saturated carbocycles. The lowest BCUT2D eigenvalue weighted by molar-refractivity contribution is -0.137. The molecule has 0 aliphatic rings. The van der Waals surface area contributed by atoms with Gasteiger partial charge in [-0.25, -0.2) is 9.97 Å². The van der Waals surface area contributed by atoms with Gasteiger partial charge in [0.2, 0.25) is 0 Å². The molecule has 0 radical (unpaired) electrons. The summed E-state index contributed by atoms with van der Waals surface area (Å²) in [5.74, 6) is 0. The molecule has 2 aromatic rings. The number of rotatable bonds is 5. The predicted molar refractivity (Wildman–Crippen MR) is 75.0 cm³/mol. The maximum atomic E-state index is 12.4. The Morgan fingerprint density at radius 2 is 1.71 bits per heavy atom. The summed E-state index contributed by atoms with van der Waals surface area (Å²) in [6, 6.07) is 6.13. The third-order valence-electron chi connectivity index (χ3n) is 2.65. The number of alkyl halides is 3. The van der Waals surface area contributed by atoms with Crippen LogP contribution in [0.3, 0.4) is 0 Å². The van der Waals surface area contributed by atoms with Crippen LogP contribution in [0.5, 0.6) is 0 Å². The third kappa shape index (κ3) is 4.71. The van der Waals surface area contributed by atoms with Gasteiger partial charge in [0.15, 0.2) is 0 Å². The number of pyridine rings is 2. The van der Waals surface area contributed by atoms with E-state index in [1.54, 1.807) is 6.20 Å². The highest BCUT2D eigenvalue weighted by molar-refractivity contribution is 7.99. The second kappa shape index (κ2) is 6.91. The lowest BCUT2D eigenvalue weighted by Crippen LogP contribution is -2.11. The molecule has 0 spiro atoms. The molecule has 2 aromatic heterocycles. The monoisotopic (exact) mass is 313 g/mol. The minimum absolute atomic E-state index is 0.481. The van der Waals surface area contributed by atoms with E-state index < -0.39 is 11.7 Å². The Labute approximate surface area is 125 Å². The van der Waals surface area contributed by atoms with Crippen LogP contribution >= 0.6 is 11.8 Å². The van der Waals surface area contributed by atoms with Crippen LogP contribution in [0.15, 0.2) is 46.7 Å². The molecule has 0 saturated heterocycles. The average Bonchev–Trinajstić information content (AvgIpc) is 2.46. The van der Waals surface area contributed by atoms with Crippen LogP contribution in [0.2, 0.25) is 0 Å². The van der Waals surface area contributed by atoms with E-state index >= 15 is 0 Å². The first-order chi connectivity index (χ1) is 9.99. The lowest BCUT2D eigenvalue weighted by atomic mass is 10.3. The molecule has 0 bridgehead atoms.